The third-order valence-corrected chi connectivity index (χ3v) is 3.75. The summed E-state index contributed by atoms with van der Waals surface area (Å²) in [5.74, 6) is 0.836. The Labute approximate surface area is 124 Å². The average Bonchev–Trinajstić information content (AvgIpc) is 3.00. The summed E-state index contributed by atoms with van der Waals surface area (Å²) < 4.78 is 5.20. The highest BCUT2D eigenvalue weighted by Crippen LogP contribution is 2.38. The molecule has 0 radical (unpaired) electrons. The van der Waals surface area contributed by atoms with E-state index >= 15 is 0 Å². The molecule has 0 aromatic heterocycles. The highest BCUT2D eigenvalue weighted by molar-refractivity contribution is 5.47. The van der Waals surface area contributed by atoms with Gasteiger partial charge in [0, 0.05) is 6.42 Å². The Kier molecular flexibility index (Phi) is 4.08. The van der Waals surface area contributed by atoms with Gasteiger partial charge in [-0.1, -0.05) is 30.3 Å². The van der Waals surface area contributed by atoms with Gasteiger partial charge in [0.2, 0.25) is 0 Å². The Balaban J connectivity index is 1.89. The fourth-order valence-corrected chi connectivity index (χ4v) is 2.64. The summed E-state index contributed by atoms with van der Waals surface area (Å²) in [5, 5.41) is 11.3. The van der Waals surface area contributed by atoms with E-state index in [-0.39, 0.29) is 18.8 Å². The monoisotopic (exact) mass is 285 g/mol. The number of hydroxylamine groups is 1. The largest absolute Gasteiger partial charge is 0.497 e. The van der Waals surface area contributed by atoms with Crippen LogP contribution in [-0.2, 0) is 4.84 Å². The number of ether oxygens (including phenoxy) is 1. The number of aliphatic hydroxyl groups excluding tert-OH is 1. The lowest BCUT2D eigenvalue weighted by Gasteiger charge is -2.25. The summed E-state index contributed by atoms with van der Waals surface area (Å²) in [6.45, 7) is 0.0238. The maximum absolute atomic E-state index is 9.41. The number of para-hydroxylation sites is 1. The van der Waals surface area contributed by atoms with Crippen molar-refractivity contribution in [3.63, 3.8) is 0 Å². The number of methoxy groups -OCH3 is 1. The van der Waals surface area contributed by atoms with Gasteiger partial charge in [-0.05, 0) is 29.8 Å². The molecule has 2 aromatic rings. The van der Waals surface area contributed by atoms with Gasteiger partial charge in [0.05, 0.1) is 25.4 Å². The molecule has 21 heavy (non-hydrogen) atoms. The SMILES string of the molecule is COc1ccc([C@@H]2C[C@H](CO)ON2c2ccccc2)cc1. The maximum atomic E-state index is 9.41. The molecule has 0 spiro atoms. The normalized spacial score (nSPS) is 21.5. The van der Waals surface area contributed by atoms with Gasteiger partial charge in [0.15, 0.2) is 0 Å². The molecule has 0 amide bonds. The molecule has 0 aliphatic carbocycles. The van der Waals surface area contributed by atoms with Crippen LogP contribution in [0.2, 0.25) is 0 Å². The molecule has 4 heteroatoms. The van der Waals surface area contributed by atoms with Crippen molar-refractivity contribution in [3.8, 4) is 5.75 Å². The van der Waals surface area contributed by atoms with Gasteiger partial charge >= 0.3 is 0 Å². The van der Waals surface area contributed by atoms with Crippen molar-refractivity contribution in [2.24, 2.45) is 0 Å². The summed E-state index contributed by atoms with van der Waals surface area (Å²) >= 11 is 0. The van der Waals surface area contributed by atoms with Crippen molar-refractivity contribution < 1.29 is 14.7 Å². The van der Waals surface area contributed by atoms with Crippen LogP contribution in [0.15, 0.2) is 54.6 Å². The molecule has 1 heterocycles. The van der Waals surface area contributed by atoms with Gasteiger partial charge in [-0.25, -0.2) is 5.06 Å². The van der Waals surface area contributed by atoms with Crippen molar-refractivity contribution in [1.82, 2.24) is 0 Å². The quantitative estimate of drug-likeness (QED) is 0.938. The van der Waals surface area contributed by atoms with Gasteiger partial charge < -0.3 is 9.84 Å². The lowest BCUT2D eigenvalue weighted by Crippen LogP contribution is -2.22. The van der Waals surface area contributed by atoms with E-state index in [4.69, 9.17) is 9.57 Å². The van der Waals surface area contributed by atoms with Gasteiger partial charge in [-0.15, -0.1) is 0 Å². The molecule has 0 unspecified atom stereocenters. The number of hydrogen-bond donors (Lipinski definition) is 1. The Morgan fingerprint density at radius 3 is 2.48 bits per heavy atom. The number of benzene rings is 2. The van der Waals surface area contributed by atoms with Gasteiger partial charge in [-0.2, -0.15) is 0 Å². The molecule has 1 fully saturated rings. The molecule has 1 aliphatic heterocycles. The molecular weight excluding hydrogens is 266 g/mol. The standard InChI is InChI=1S/C17H19NO3/c1-20-15-9-7-13(8-10-15)17-11-16(12-19)21-18(17)14-5-3-2-4-6-14/h2-10,16-17,19H,11-12H2,1H3/t16-,17+/m1/s1. The predicted octanol–water partition coefficient (Wildman–Crippen LogP) is 2.94. The van der Waals surface area contributed by atoms with Gasteiger partial charge in [-0.3, -0.25) is 4.84 Å². The van der Waals surface area contributed by atoms with Crippen LogP contribution in [-0.4, -0.2) is 24.9 Å². The fourth-order valence-electron chi connectivity index (χ4n) is 2.64. The fraction of sp³-hybridized carbons (Fsp3) is 0.294. The third-order valence-electron chi connectivity index (χ3n) is 3.75. The first-order valence-electron chi connectivity index (χ1n) is 7.07. The second-order valence-corrected chi connectivity index (χ2v) is 5.10. The molecule has 1 saturated heterocycles. The van der Waals surface area contributed by atoms with Crippen LogP contribution >= 0.6 is 0 Å². The minimum absolute atomic E-state index is 0.0238. The van der Waals surface area contributed by atoms with Crippen molar-refractivity contribution in [2.45, 2.75) is 18.6 Å². The molecule has 2 aromatic carbocycles. The molecule has 1 aliphatic rings. The van der Waals surface area contributed by atoms with E-state index in [9.17, 15) is 5.11 Å². The van der Waals surface area contributed by atoms with E-state index < -0.39 is 0 Å². The molecule has 0 bridgehead atoms. The molecule has 1 N–H and O–H groups in total. The van der Waals surface area contributed by atoms with E-state index in [1.807, 2.05) is 59.7 Å². The summed E-state index contributed by atoms with van der Waals surface area (Å²) in [6, 6.07) is 18.0. The molecule has 3 rings (SSSR count). The van der Waals surface area contributed by atoms with Gasteiger partial charge in [0.25, 0.3) is 0 Å². The molecule has 2 atom stereocenters. The molecular formula is C17H19NO3. The van der Waals surface area contributed by atoms with E-state index in [1.54, 1.807) is 7.11 Å². The second kappa shape index (κ2) is 6.16. The first-order chi connectivity index (χ1) is 10.3. The zero-order valence-electron chi connectivity index (χ0n) is 12.0. The number of hydrogen-bond acceptors (Lipinski definition) is 4. The lowest BCUT2D eigenvalue weighted by atomic mass is 10.0. The van der Waals surface area contributed by atoms with E-state index in [1.165, 1.54) is 0 Å². The van der Waals surface area contributed by atoms with E-state index in [0.29, 0.717) is 0 Å². The highest BCUT2D eigenvalue weighted by atomic mass is 16.7. The first kappa shape index (κ1) is 13.9. The van der Waals surface area contributed by atoms with E-state index in [2.05, 4.69) is 0 Å². The van der Waals surface area contributed by atoms with Crippen LogP contribution in [0.25, 0.3) is 0 Å². The topological polar surface area (TPSA) is 41.9 Å². The minimum atomic E-state index is -0.169. The molecule has 0 saturated carbocycles. The van der Waals surface area contributed by atoms with Crippen molar-refractivity contribution >= 4 is 5.69 Å². The van der Waals surface area contributed by atoms with Crippen LogP contribution in [0.1, 0.15) is 18.0 Å². The summed E-state index contributed by atoms with van der Waals surface area (Å²) in [5.41, 5.74) is 2.14. The first-order valence-corrected chi connectivity index (χ1v) is 7.07. The summed E-state index contributed by atoms with van der Waals surface area (Å²) in [6.07, 6.45) is 0.592. The Morgan fingerprint density at radius 1 is 1.14 bits per heavy atom. The smallest absolute Gasteiger partial charge is 0.118 e. The molecule has 110 valence electrons. The number of rotatable bonds is 4. The zero-order valence-corrected chi connectivity index (χ0v) is 12.0. The summed E-state index contributed by atoms with van der Waals surface area (Å²) in [7, 11) is 1.66. The number of nitrogens with zero attached hydrogens (tertiary/aromatic N) is 1. The Hall–Kier alpha value is -2.04. The lowest BCUT2D eigenvalue weighted by molar-refractivity contribution is 0.0406. The number of anilines is 1. The van der Waals surface area contributed by atoms with Crippen LogP contribution in [0.4, 0.5) is 5.69 Å². The Bertz CT molecular complexity index is 570. The minimum Gasteiger partial charge on any atom is -0.497 e. The van der Waals surface area contributed by atoms with Gasteiger partial charge in [0.1, 0.15) is 11.9 Å². The van der Waals surface area contributed by atoms with Crippen molar-refractivity contribution in [3.05, 3.63) is 60.2 Å². The van der Waals surface area contributed by atoms with E-state index in [0.717, 1.165) is 23.4 Å². The Morgan fingerprint density at radius 2 is 1.86 bits per heavy atom. The third kappa shape index (κ3) is 2.86. The summed E-state index contributed by atoms with van der Waals surface area (Å²) in [4.78, 5) is 5.87. The van der Waals surface area contributed by atoms with Crippen LogP contribution in [0.5, 0.6) is 5.75 Å². The van der Waals surface area contributed by atoms with Crippen LogP contribution in [0, 0.1) is 0 Å². The highest BCUT2D eigenvalue weighted by Gasteiger charge is 2.34. The van der Waals surface area contributed by atoms with Crippen LogP contribution < -0.4 is 9.80 Å². The average molecular weight is 285 g/mol. The number of aliphatic hydroxyl groups is 1. The second-order valence-electron chi connectivity index (χ2n) is 5.10. The maximum Gasteiger partial charge on any atom is 0.118 e. The predicted molar refractivity (Wildman–Crippen MR) is 81.2 cm³/mol. The van der Waals surface area contributed by atoms with Crippen LogP contribution in [0.3, 0.4) is 0 Å². The van der Waals surface area contributed by atoms with Crippen molar-refractivity contribution in [2.75, 3.05) is 18.8 Å². The zero-order chi connectivity index (χ0) is 14.7. The molecule has 4 nitrogen and oxygen atoms in total. The van der Waals surface area contributed by atoms with Crippen molar-refractivity contribution in [1.29, 1.82) is 0 Å².